The molecule has 98 valence electrons. The maximum Gasteiger partial charge on any atom is 0.376 e. The van der Waals surface area contributed by atoms with Crippen LogP contribution in [0.2, 0.25) is 0 Å². The molecular formula is C8H7N6O4P. The lowest BCUT2D eigenvalue weighted by Gasteiger charge is -2.10. The van der Waals surface area contributed by atoms with Gasteiger partial charge in [-0.2, -0.15) is 0 Å². The van der Waals surface area contributed by atoms with Crippen molar-refractivity contribution in [2.45, 2.75) is 0 Å². The summed E-state index contributed by atoms with van der Waals surface area (Å²) in [5, 5.41) is 22.6. The molecule has 19 heavy (non-hydrogen) atoms. The van der Waals surface area contributed by atoms with Crippen LogP contribution in [-0.4, -0.2) is 44.9 Å². The van der Waals surface area contributed by atoms with Gasteiger partial charge < -0.3 is 14.9 Å². The monoisotopic (exact) mass is 282 g/mol. The molecule has 0 saturated carbocycles. The first-order valence-electron chi connectivity index (χ1n) is 4.98. The van der Waals surface area contributed by atoms with Gasteiger partial charge in [-0.05, 0) is 22.6 Å². The van der Waals surface area contributed by atoms with Crippen molar-refractivity contribution in [3.63, 3.8) is 0 Å². The van der Waals surface area contributed by atoms with E-state index >= 15 is 0 Å². The highest BCUT2D eigenvalue weighted by molar-refractivity contribution is 7.60. The van der Waals surface area contributed by atoms with Gasteiger partial charge in [0.05, 0.1) is 6.20 Å². The Morgan fingerprint density at radius 1 is 1.32 bits per heavy atom. The van der Waals surface area contributed by atoms with Crippen molar-refractivity contribution >= 4 is 18.7 Å². The number of fused-ring (bicyclic) bond motifs is 1. The van der Waals surface area contributed by atoms with Crippen LogP contribution in [0.15, 0.2) is 18.3 Å². The van der Waals surface area contributed by atoms with Gasteiger partial charge in [0, 0.05) is 0 Å². The molecule has 0 radical (unpaired) electrons. The minimum Gasteiger partial charge on any atom is -0.505 e. The second-order valence-corrected chi connectivity index (χ2v) is 5.18. The van der Waals surface area contributed by atoms with Gasteiger partial charge in [-0.3, -0.25) is 8.97 Å². The van der Waals surface area contributed by atoms with Gasteiger partial charge in [-0.25, -0.2) is 10.1 Å². The molecule has 0 saturated heterocycles. The van der Waals surface area contributed by atoms with E-state index in [0.29, 0.717) is 0 Å². The Bertz CT molecular complexity index is 791. The summed E-state index contributed by atoms with van der Waals surface area (Å²) in [5.41, 5.74) is -0.0781. The predicted molar refractivity (Wildman–Crippen MR) is 61.7 cm³/mol. The zero-order valence-electron chi connectivity index (χ0n) is 9.17. The molecule has 0 unspecified atom stereocenters. The number of pyridine rings is 1. The minimum atomic E-state index is -4.71. The SMILES string of the molecule is O=P(O)(O)c1c(O)ccc2ncc(-c3nnn[nH]3)n12. The number of H-pyrrole nitrogens is 1. The van der Waals surface area contributed by atoms with Crippen LogP contribution in [0.1, 0.15) is 0 Å². The van der Waals surface area contributed by atoms with Crippen molar-refractivity contribution in [2.75, 3.05) is 0 Å². The third-order valence-electron chi connectivity index (χ3n) is 2.48. The van der Waals surface area contributed by atoms with E-state index in [1.54, 1.807) is 0 Å². The van der Waals surface area contributed by atoms with Gasteiger partial charge in [-0.15, -0.1) is 5.10 Å². The van der Waals surface area contributed by atoms with Gasteiger partial charge in [0.1, 0.15) is 17.1 Å². The topological polar surface area (TPSA) is 150 Å². The standard InChI is InChI=1S/C8H7N6O4P/c15-5-1-2-6-9-3-4(7-10-12-13-11-7)14(6)8(5)19(16,17)18/h1-3,15H,(H2,16,17,18)(H,10,11,12,13). The highest BCUT2D eigenvalue weighted by Gasteiger charge is 2.28. The largest absolute Gasteiger partial charge is 0.505 e. The number of rotatable bonds is 2. The normalized spacial score (nSPS) is 12.1. The van der Waals surface area contributed by atoms with Crippen LogP contribution >= 0.6 is 7.60 Å². The second-order valence-electron chi connectivity index (χ2n) is 3.67. The first kappa shape index (κ1) is 11.8. The number of imidazole rings is 1. The van der Waals surface area contributed by atoms with E-state index in [-0.39, 0.29) is 17.2 Å². The summed E-state index contributed by atoms with van der Waals surface area (Å²) in [6.07, 6.45) is 1.34. The fourth-order valence-electron chi connectivity index (χ4n) is 1.76. The summed E-state index contributed by atoms with van der Waals surface area (Å²) in [6, 6.07) is 2.58. The van der Waals surface area contributed by atoms with Crippen LogP contribution in [0.5, 0.6) is 5.75 Å². The minimum absolute atomic E-state index is 0.174. The highest BCUT2D eigenvalue weighted by atomic mass is 31.2. The molecule has 0 atom stereocenters. The molecule has 0 fully saturated rings. The molecule has 0 bridgehead atoms. The molecular weight excluding hydrogens is 275 g/mol. The molecule has 0 aliphatic heterocycles. The number of aromatic amines is 1. The van der Waals surface area contributed by atoms with Crippen LogP contribution in [0, 0.1) is 0 Å². The first-order valence-corrected chi connectivity index (χ1v) is 6.59. The van der Waals surface area contributed by atoms with Crippen LogP contribution in [0.25, 0.3) is 17.2 Å². The van der Waals surface area contributed by atoms with Crippen LogP contribution < -0.4 is 5.44 Å². The van der Waals surface area contributed by atoms with Crippen LogP contribution in [0.3, 0.4) is 0 Å². The Morgan fingerprint density at radius 2 is 2.11 bits per heavy atom. The van der Waals surface area contributed by atoms with Gasteiger partial charge in [0.25, 0.3) is 0 Å². The number of tetrazole rings is 1. The van der Waals surface area contributed by atoms with Gasteiger partial charge in [-0.1, -0.05) is 0 Å². The number of aromatic nitrogens is 6. The Morgan fingerprint density at radius 3 is 2.74 bits per heavy atom. The molecule has 3 aromatic heterocycles. The number of nitrogens with zero attached hydrogens (tertiary/aromatic N) is 5. The molecule has 0 spiro atoms. The molecule has 3 heterocycles. The van der Waals surface area contributed by atoms with E-state index in [1.165, 1.54) is 18.3 Å². The third-order valence-corrected chi connectivity index (χ3v) is 3.47. The molecule has 0 aliphatic rings. The van der Waals surface area contributed by atoms with Crippen molar-refractivity contribution in [1.82, 2.24) is 30.0 Å². The zero-order chi connectivity index (χ0) is 13.6. The lowest BCUT2D eigenvalue weighted by molar-refractivity contribution is 0.382. The van der Waals surface area contributed by atoms with Crippen molar-refractivity contribution in [2.24, 2.45) is 0 Å². The summed E-state index contributed by atoms with van der Waals surface area (Å²) >= 11 is 0. The summed E-state index contributed by atoms with van der Waals surface area (Å²) in [7, 11) is -4.71. The van der Waals surface area contributed by atoms with E-state index in [2.05, 4.69) is 25.6 Å². The van der Waals surface area contributed by atoms with Crippen LogP contribution in [0.4, 0.5) is 0 Å². The smallest absolute Gasteiger partial charge is 0.376 e. The lowest BCUT2D eigenvalue weighted by Crippen LogP contribution is -2.16. The van der Waals surface area contributed by atoms with Gasteiger partial charge in [0.2, 0.25) is 0 Å². The first-order chi connectivity index (χ1) is 8.98. The van der Waals surface area contributed by atoms with E-state index in [4.69, 9.17) is 0 Å². The van der Waals surface area contributed by atoms with Crippen LogP contribution in [-0.2, 0) is 4.57 Å². The van der Waals surface area contributed by atoms with E-state index < -0.39 is 18.8 Å². The Kier molecular flexibility index (Phi) is 2.39. The zero-order valence-corrected chi connectivity index (χ0v) is 10.1. The molecule has 10 nitrogen and oxygen atoms in total. The summed E-state index contributed by atoms with van der Waals surface area (Å²) < 4.78 is 12.6. The fourth-order valence-corrected chi connectivity index (χ4v) is 2.61. The molecule has 4 N–H and O–H groups in total. The molecule has 3 aromatic rings. The number of aromatic hydroxyl groups is 1. The molecule has 0 aliphatic carbocycles. The number of hydrogen-bond donors (Lipinski definition) is 4. The third kappa shape index (κ3) is 1.78. The second kappa shape index (κ2) is 3.85. The van der Waals surface area contributed by atoms with Crippen molar-refractivity contribution in [3.05, 3.63) is 18.3 Å². The highest BCUT2D eigenvalue weighted by Crippen LogP contribution is 2.38. The number of hydrogen-bond acceptors (Lipinski definition) is 6. The van der Waals surface area contributed by atoms with E-state index in [0.717, 1.165) is 4.40 Å². The van der Waals surface area contributed by atoms with Gasteiger partial charge >= 0.3 is 7.60 Å². The summed E-state index contributed by atoms with van der Waals surface area (Å²) in [5.74, 6) is -0.361. The average Bonchev–Trinajstić information content (AvgIpc) is 2.93. The molecule has 0 aromatic carbocycles. The Hall–Kier alpha value is -2.29. The van der Waals surface area contributed by atoms with Crippen molar-refractivity contribution < 1.29 is 19.5 Å². The fraction of sp³-hybridized carbons (Fsp3) is 0. The molecule has 11 heteroatoms. The van der Waals surface area contributed by atoms with E-state index in [9.17, 15) is 19.5 Å². The Labute approximate surface area is 104 Å². The maximum atomic E-state index is 11.5. The van der Waals surface area contributed by atoms with E-state index in [1.807, 2.05) is 0 Å². The average molecular weight is 282 g/mol. The van der Waals surface area contributed by atoms with Crippen molar-refractivity contribution in [1.29, 1.82) is 0 Å². The quantitative estimate of drug-likeness (QED) is 0.438. The maximum absolute atomic E-state index is 11.5. The Balaban J connectivity index is 2.44. The van der Waals surface area contributed by atoms with Gasteiger partial charge in [0.15, 0.2) is 11.3 Å². The summed E-state index contributed by atoms with van der Waals surface area (Å²) in [6.45, 7) is 0. The lowest BCUT2D eigenvalue weighted by atomic mass is 10.4. The summed E-state index contributed by atoms with van der Waals surface area (Å²) in [4.78, 5) is 22.7. The number of nitrogens with one attached hydrogen (secondary N) is 1. The van der Waals surface area contributed by atoms with Crippen molar-refractivity contribution in [3.8, 4) is 17.3 Å². The molecule has 0 amide bonds. The molecule has 3 rings (SSSR count). The predicted octanol–water partition coefficient (Wildman–Crippen LogP) is -0.977.